The normalized spacial score (nSPS) is 16.2. The van der Waals surface area contributed by atoms with Gasteiger partial charge in [-0.15, -0.1) is 0 Å². The maximum Gasteiger partial charge on any atom is 0.267 e. The van der Waals surface area contributed by atoms with Crippen molar-refractivity contribution in [3.63, 3.8) is 0 Å². The predicted octanol–water partition coefficient (Wildman–Crippen LogP) is 3.14. The standard InChI is InChI=1S/C19H19FN2O3/c1-12-19(24)22(2)16-11-14(8-9-17(16)25-12)21-18(23)10-7-13-5-3-4-6-15(13)20/h3-6,8-9,11-12H,7,10H2,1-2H3,(H,21,23). The van der Waals surface area contributed by atoms with Gasteiger partial charge in [-0.05, 0) is 43.2 Å². The van der Waals surface area contributed by atoms with Crippen LogP contribution < -0.4 is 15.0 Å². The minimum Gasteiger partial charge on any atom is -0.479 e. The molecule has 1 unspecified atom stereocenters. The Balaban J connectivity index is 1.66. The molecule has 0 bridgehead atoms. The smallest absolute Gasteiger partial charge is 0.267 e. The van der Waals surface area contributed by atoms with Gasteiger partial charge < -0.3 is 15.0 Å². The molecule has 6 heteroatoms. The average Bonchev–Trinajstić information content (AvgIpc) is 2.60. The van der Waals surface area contributed by atoms with E-state index in [1.165, 1.54) is 11.0 Å². The lowest BCUT2D eigenvalue weighted by Gasteiger charge is -2.30. The van der Waals surface area contributed by atoms with Gasteiger partial charge in [0.2, 0.25) is 5.91 Å². The number of aryl methyl sites for hydroxylation is 1. The molecule has 1 atom stereocenters. The van der Waals surface area contributed by atoms with Crippen molar-refractivity contribution in [2.45, 2.75) is 25.9 Å². The van der Waals surface area contributed by atoms with Crippen LogP contribution in [0.15, 0.2) is 42.5 Å². The number of nitrogens with zero attached hydrogens (tertiary/aromatic N) is 1. The Bertz CT molecular complexity index is 822. The fraction of sp³-hybridized carbons (Fsp3) is 0.263. The van der Waals surface area contributed by atoms with Gasteiger partial charge in [-0.3, -0.25) is 9.59 Å². The number of amides is 2. The number of hydrogen-bond acceptors (Lipinski definition) is 3. The highest BCUT2D eigenvalue weighted by molar-refractivity contribution is 6.00. The van der Waals surface area contributed by atoms with E-state index in [0.717, 1.165) is 0 Å². The zero-order valence-corrected chi connectivity index (χ0v) is 14.1. The first-order valence-corrected chi connectivity index (χ1v) is 8.07. The number of carbonyl (C=O) groups excluding carboxylic acids is 2. The first-order chi connectivity index (χ1) is 12.0. The first kappa shape index (κ1) is 17.0. The number of rotatable bonds is 4. The Kier molecular flexibility index (Phi) is 4.70. The SMILES string of the molecule is CC1Oc2ccc(NC(=O)CCc3ccccc3F)cc2N(C)C1=O. The summed E-state index contributed by atoms with van der Waals surface area (Å²) < 4.78 is 19.1. The van der Waals surface area contributed by atoms with Crippen molar-refractivity contribution in [3.8, 4) is 5.75 Å². The number of likely N-dealkylation sites (N-methyl/N-ethyl adjacent to an activating group) is 1. The fourth-order valence-corrected chi connectivity index (χ4v) is 2.76. The summed E-state index contributed by atoms with van der Waals surface area (Å²) in [7, 11) is 1.67. The minimum absolute atomic E-state index is 0.143. The molecule has 1 aliphatic heterocycles. The van der Waals surface area contributed by atoms with E-state index in [-0.39, 0.29) is 24.1 Å². The van der Waals surface area contributed by atoms with Gasteiger partial charge in [-0.25, -0.2) is 4.39 Å². The van der Waals surface area contributed by atoms with Crippen LogP contribution in [0.5, 0.6) is 5.75 Å². The molecule has 0 fully saturated rings. The topological polar surface area (TPSA) is 58.6 Å². The van der Waals surface area contributed by atoms with Crippen LogP contribution in [0.25, 0.3) is 0 Å². The third-order valence-corrected chi connectivity index (χ3v) is 4.17. The van der Waals surface area contributed by atoms with Crippen molar-refractivity contribution < 1.29 is 18.7 Å². The van der Waals surface area contributed by atoms with E-state index in [2.05, 4.69) is 5.32 Å². The van der Waals surface area contributed by atoms with Gasteiger partial charge in [0, 0.05) is 19.2 Å². The molecule has 2 aromatic rings. The van der Waals surface area contributed by atoms with E-state index in [9.17, 15) is 14.0 Å². The van der Waals surface area contributed by atoms with Crippen LogP contribution in [-0.4, -0.2) is 25.0 Å². The number of anilines is 2. The van der Waals surface area contributed by atoms with Crippen LogP contribution in [0.4, 0.5) is 15.8 Å². The lowest BCUT2D eigenvalue weighted by atomic mass is 10.1. The van der Waals surface area contributed by atoms with E-state index in [4.69, 9.17) is 4.74 Å². The molecular formula is C19H19FN2O3. The quantitative estimate of drug-likeness (QED) is 0.929. The van der Waals surface area contributed by atoms with Crippen LogP contribution in [0.3, 0.4) is 0 Å². The van der Waals surface area contributed by atoms with Gasteiger partial charge in [-0.2, -0.15) is 0 Å². The zero-order valence-electron chi connectivity index (χ0n) is 14.1. The molecule has 0 radical (unpaired) electrons. The van der Waals surface area contributed by atoms with Gasteiger partial charge >= 0.3 is 0 Å². The highest BCUT2D eigenvalue weighted by atomic mass is 19.1. The molecule has 130 valence electrons. The summed E-state index contributed by atoms with van der Waals surface area (Å²) >= 11 is 0. The van der Waals surface area contributed by atoms with Crippen molar-refractivity contribution in [2.75, 3.05) is 17.3 Å². The van der Waals surface area contributed by atoms with Crippen molar-refractivity contribution in [1.29, 1.82) is 0 Å². The maximum atomic E-state index is 13.6. The molecule has 5 nitrogen and oxygen atoms in total. The Hall–Kier alpha value is -2.89. The zero-order chi connectivity index (χ0) is 18.0. The Labute approximate surface area is 145 Å². The Morgan fingerprint density at radius 1 is 1.28 bits per heavy atom. The molecule has 0 saturated heterocycles. The van der Waals surface area contributed by atoms with E-state index >= 15 is 0 Å². The average molecular weight is 342 g/mol. The lowest BCUT2D eigenvalue weighted by Crippen LogP contribution is -2.41. The summed E-state index contributed by atoms with van der Waals surface area (Å²) in [4.78, 5) is 25.6. The van der Waals surface area contributed by atoms with Gasteiger partial charge in [0.25, 0.3) is 5.91 Å². The van der Waals surface area contributed by atoms with Gasteiger partial charge in [0.05, 0.1) is 5.69 Å². The largest absolute Gasteiger partial charge is 0.479 e. The Morgan fingerprint density at radius 2 is 2.04 bits per heavy atom. The number of nitrogens with one attached hydrogen (secondary N) is 1. The molecule has 3 rings (SSSR count). The number of ether oxygens (including phenoxy) is 1. The summed E-state index contributed by atoms with van der Waals surface area (Å²) in [5, 5.41) is 2.77. The molecule has 0 aromatic heterocycles. The molecule has 0 saturated carbocycles. The van der Waals surface area contributed by atoms with Crippen LogP contribution in [0.1, 0.15) is 18.9 Å². The van der Waals surface area contributed by atoms with Gasteiger partial charge in [0.1, 0.15) is 11.6 Å². The van der Waals surface area contributed by atoms with Crippen molar-refractivity contribution in [3.05, 3.63) is 53.8 Å². The fourth-order valence-electron chi connectivity index (χ4n) is 2.76. The molecule has 2 amide bonds. The number of hydrogen-bond donors (Lipinski definition) is 1. The van der Waals surface area contributed by atoms with Crippen molar-refractivity contribution >= 4 is 23.2 Å². The third kappa shape index (κ3) is 3.63. The first-order valence-electron chi connectivity index (χ1n) is 8.07. The lowest BCUT2D eigenvalue weighted by molar-refractivity contribution is -0.125. The summed E-state index contributed by atoms with van der Waals surface area (Å²) in [6.45, 7) is 1.69. The van der Waals surface area contributed by atoms with Crippen molar-refractivity contribution in [2.24, 2.45) is 0 Å². The molecule has 0 aliphatic carbocycles. The monoisotopic (exact) mass is 342 g/mol. The van der Waals surface area contributed by atoms with Crippen LogP contribution in [-0.2, 0) is 16.0 Å². The predicted molar refractivity (Wildman–Crippen MR) is 93.3 cm³/mol. The number of benzene rings is 2. The maximum absolute atomic E-state index is 13.6. The number of halogens is 1. The number of carbonyl (C=O) groups is 2. The highest BCUT2D eigenvalue weighted by Crippen LogP contribution is 2.35. The minimum atomic E-state index is -0.529. The van der Waals surface area contributed by atoms with E-state index in [0.29, 0.717) is 29.1 Å². The molecule has 1 N–H and O–H groups in total. The summed E-state index contributed by atoms with van der Waals surface area (Å²) in [5.74, 6) is -0.0766. The highest BCUT2D eigenvalue weighted by Gasteiger charge is 2.29. The van der Waals surface area contributed by atoms with Crippen LogP contribution in [0.2, 0.25) is 0 Å². The molecule has 1 heterocycles. The van der Waals surface area contributed by atoms with E-state index in [1.54, 1.807) is 50.4 Å². The molecule has 2 aromatic carbocycles. The molecule has 0 spiro atoms. The second kappa shape index (κ2) is 6.93. The second-order valence-corrected chi connectivity index (χ2v) is 5.98. The third-order valence-electron chi connectivity index (χ3n) is 4.17. The summed E-state index contributed by atoms with van der Waals surface area (Å²) in [5.41, 5.74) is 1.68. The van der Waals surface area contributed by atoms with Gasteiger partial charge in [0.15, 0.2) is 6.10 Å². The van der Waals surface area contributed by atoms with Crippen LogP contribution in [0, 0.1) is 5.82 Å². The summed E-state index contributed by atoms with van der Waals surface area (Å²) in [6.07, 6.45) is -0.0401. The van der Waals surface area contributed by atoms with Crippen molar-refractivity contribution in [1.82, 2.24) is 0 Å². The molecule has 1 aliphatic rings. The number of fused-ring (bicyclic) bond motifs is 1. The molecular weight excluding hydrogens is 323 g/mol. The van der Waals surface area contributed by atoms with Crippen LogP contribution >= 0.6 is 0 Å². The molecule has 25 heavy (non-hydrogen) atoms. The van der Waals surface area contributed by atoms with E-state index < -0.39 is 6.10 Å². The van der Waals surface area contributed by atoms with Gasteiger partial charge in [-0.1, -0.05) is 18.2 Å². The Morgan fingerprint density at radius 3 is 2.80 bits per heavy atom. The van der Waals surface area contributed by atoms with E-state index in [1.807, 2.05) is 0 Å². The second-order valence-electron chi connectivity index (χ2n) is 5.98. The summed E-state index contributed by atoms with van der Waals surface area (Å²) in [6, 6.07) is 11.5.